The second kappa shape index (κ2) is 4.97. The number of aryl methyl sites for hydroxylation is 1. The Kier molecular flexibility index (Phi) is 3.85. The molecule has 0 aliphatic carbocycles. The van der Waals surface area contributed by atoms with Crippen LogP contribution in [-0.4, -0.2) is 37.0 Å². The number of nitrogen functional groups attached to an aromatic ring is 1. The van der Waals surface area contributed by atoms with Gasteiger partial charge in [0.15, 0.2) is 0 Å². The van der Waals surface area contributed by atoms with Crippen molar-refractivity contribution in [1.82, 2.24) is 4.31 Å². The third-order valence-electron chi connectivity index (χ3n) is 3.55. The Labute approximate surface area is 127 Å². The van der Waals surface area contributed by atoms with E-state index in [-0.39, 0.29) is 4.90 Å². The highest BCUT2D eigenvalue weighted by Crippen LogP contribution is 2.32. The maximum atomic E-state index is 12.9. The van der Waals surface area contributed by atoms with Crippen molar-refractivity contribution in [3.8, 4) is 0 Å². The maximum absolute atomic E-state index is 12.9. The summed E-state index contributed by atoms with van der Waals surface area (Å²) in [4.78, 5) is 0.280. The van der Waals surface area contributed by atoms with Gasteiger partial charge in [0.25, 0.3) is 0 Å². The number of ether oxygens (including phenoxy) is 1. The molecule has 1 fully saturated rings. The fourth-order valence-electron chi connectivity index (χ4n) is 2.85. The lowest BCUT2D eigenvalue weighted by Crippen LogP contribution is -2.58. The lowest BCUT2D eigenvalue weighted by atomic mass is 10.0. The number of rotatable bonds is 2. The molecule has 0 bridgehead atoms. The average molecular weight is 312 g/mol. The van der Waals surface area contributed by atoms with Crippen LogP contribution in [0.2, 0.25) is 0 Å². The highest BCUT2D eigenvalue weighted by Gasteiger charge is 2.43. The highest BCUT2D eigenvalue weighted by molar-refractivity contribution is 7.89. The molecule has 5 nitrogen and oxygen atoms in total. The van der Waals surface area contributed by atoms with E-state index in [1.54, 1.807) is 18.2 Å². The molecule has 1 saturated heterocycles. The first-order valence-electron chi connectivity index (χ1n) is 6.99. The summed E-state index contributed by atoms with van der Waals surface area (Å²) in [5, 5.41) is 0. The van der Waals surface area contributed by atoms with Gasteiger partial charge in [0, 0.05) is 18.8 Å². The molecule has 0 saturated carbocycles. The van der Waals surface area contributed by atoms with Crippen LogP contribution in [0.3, 0.4) is 0 Å². The third kappa shape index (κ3) is 3.39. The maximum Gasteiger partial charge on any atom is 0.243 e. The quantitative estimate of drug-likeness (QED) is 0.849. The number of sulfonamides is 1. The van der Waals surface area contributed by atoms with Gasteiger partial charge in [-0.05, 0) is 58.4 Å². The average Bonchev–Trinajstić information content (AvgIpc) is 2.28. The number of hydrogen-bond acceptors (Lipinski definition) is 4. The van der Waals surface area contributed by atoms with Crippen LogP contribution in [0.5, 0.6) is 0 Å². The third-order valence-corrected chi connectivity index (χ3v) is 5.33. The SMILES string of the molecule is Cc1cc(S(=O)(=O)N2CC(C)(C)OC(C)(C)C2)ccc1N. The van der Waals surface area contributed by atoms with Gasteiger partial charge in [-0.1, -0.05) is 0 Å². The van der Waals surface area contributed by atoms with Crippen molar-refractivity contribution in [2.24, 2.45) is 0 Å². The van der Waals surface area contributed by atoms with Gasteiger partial charge >= 0.3 is 0 Å². The Morgan fingerprint density at radius 2 is 1.67 bits per heavy atom. The first-order valence-corrected chi connectivity index (χ1v) is 8.43. The van der Waals surface area contributed by atoms with E-state index >= 15 is 0 Å². The van der Waals surface area contributed by atoms with Crippen LogP contribution in [0.25, 0.3) is 0 Å². The number of morpholine rings is 1. The van der Waals surface area contributed by atoms with Gasteiger partial charge < -0.3 is 10.5 Å². The Hall–Kier alpha value is -1.11. The topological polar surface area (TPSA) is 72.6 Å². The van der Waals surface area contributed by atoms with Crippen molar-refractivity contribution in [2.75, 3.05) is 18.8 Å². The highest BCUT2D eigenvalue weighted by atomic mass is 32.2. The molecule has 0 spiro atoms. The van der Waals surface area contributed by atoms with E-state index in [1.165, 1.54) is 4.31 Å². The first-order chi connectivity index (χ1) is 9.43. The molecule has 0 atom stereocenters. The van der Waals surface area contributed by atoms with Gasteiger partial charge in [0.2, 0.25) is 10.0 Å². The number of anilines is 1. The summed E-state index contributed by atoms with van der Waals surface area (Å²) in [6.07, 6.45) is 0. The zero-order valence-electron chi connectivity index (χ0n) is 13.3. The zero-order valence-corrected chi connectivity index (χ0v) is 14.1. The van der Waals surface area contributed by atoms with E-state index in [0.717, 1.165) is 5.56 Å². The molecular formula is C15H24N2O3S. The summed E-state index contributed by atoms with van der Waals surface area (Å²) < 4.78 is 33.2. The second-order valence-corrected chi connectivity index (χ2v) is 8.85. The molecule has 0 amide bonds. The van der Waals surface area contributed by atoms with Crippen molar-refractivity contribution in [3.05, 3.63) is 23.8 Å². The van der Waals surface area contributed by atoms with Crippen molar-refractivity contribution in [1.29, 1.82) is 0 Å². The molecule has 1 aromatic rings. The van der Waals surface area contributed by atoms with E-state index in [4.69, 9.17) is 10.5 Å². The summed E-state index contributed by atoms with van der Waals surface area (Å²) >= 11 is 0. The standard InChI is InChI=1S/C15H24N2O3S/c1-11-8-12(6-7-13(11)16)21(18,19)17-9-14(2,3)20-15(4,5)10-17/h6-8H,9-10,16H2,1-5H3. The normalized spacial score (nSPS) is 22.1. The summed E-state index contributed by atoms with van der Waals surface area (Å²) in [5.41, 5.74) is 6.10. The predicted molar refractivity (Wildman–Crippen MR) is 83.6 cm³/mol. The van der Waals surface area contributed by atoms with Crippen molar-refractivity contribution in [3.63, 3.8) is 0 Å². The van der Waals surface area contributed by atoms with Crippen LogP contribution in [0.4, 0.5) is 5.69 Å². The zero-order chi connectivity index (χ0) is 16.1. The number of nitrogens with zero attached hydrogens (tertiary/aromatic N) is 1. The monoisotopic (exact) mass is 312 g/mol. The Morgan fingerprint density at radius 1 is 1.14 bits per heavy atom. The molecular weight excluding hydrogens is 288 g/mol. The minimum absolute atomic E-state index is 0.280. The molecule has 2 rings (SSSR count). The predicted octanol–water partition coefficient (Wildman–Crippen LogP) is 2.16. The van der Waals surface area contributed by atoms with Crippen LogP contribution in [-0.2, 0) is 14.8 Å². The number of hydrogen-bond donors (Lipinski definition) is 1. The summed E-state index contributed by atoms with van der Waals surface area (Å²) in [6.45, 7) is 10.1. The first kappa shape index (κ1) is 16.3. The summed E-state index contributed by atoms with van der Waals surface area (Å²) in [7, 11) is -3.55. The van der Waals surface area contributed by atoms with E-state index < -0.39 is 21.2 Å². The molecule has 0 radical (unpaired) electrons. The van der Waals surface area contributed by atoms with Crippen LogP contribution in [0.1, 0.15) is 33.3 Å². The summed E-state index contributed by atoms with van der Waals surface area (Å²) in [6, 6.07) is 4.83. The molecule has 1 heterocycles. The molecule has 1 aromatic carbocycles. The molecule has 1 aliphatic heterocycles. The van der Waals surface area contributed by atoms with Crippen LogP contribution >= 0.6 is 0 Å². The van der Waals surface area contributed by atoms with E-state index in [2.05, 4.69) is 0 Å². The fraction of sp³-hybridized carbons (Fsp3) is 0.600. The molecule has 2 N–H and O–H groups in total. The summed E-state index contributed by atoms with van der Waals surface area (Å²) in [5.74, 6) is 0. The lowest BCUT2D eigenvalue weighted by Gasteiger charge is -2.46. The van der Waals surface area contributed by atoms with Gasteiger partial charge in [0.1, 0.15) is 0 Å². The second-order valence-electron chi connectivity index (χ2n) is 6.91. The van der Waals surface area contributed by atoms with Crippen LogP contribution in [0, 0.1) is 6.92 Å². The Bertz CT molecular complexity index is 635. The smallest absolute Gasteiger partial charge is 0.243 e. The number of benzene rings is 1. The molecule has 6 heteroatoms. The molecule has 1 aliphatic rings. The van der Waals surface area contributed by atoms with Gasteiger partial charge in [-0.25, -0.2) is 8.42 Å². The van der Waals surface area contributed by atoms with E-state index in [9.17, 15) is 8.42 Å². The minimum atomic E-state index is -3.55. The lowest BCUT2D eigenvalue weighted by molar-refractivity contribution is -0.163. The van der Waals surface area contributed by atoms with E-state index in [1.807, 2.05) is 34.6 Å². The van der Waals surface area contributed by atoms with Crippen LogP contribution < -0.4 is 5.73 Å². The van der Waals surface area contributed by atoms with Gasteiger partial charge in [-0.2, -0.15) is 4.31 Å². The van der Waals surface area contributed by atoms with Gasteiger partial charge in [-0.3, -0.25) is 0 Å². The molecule has 118 valence electrons. The minimum Gasteiger partial charge on any atom is -0.399 e. The van der Waals surface area contributed by atoms with Gasteiger partial charge in [0.05, 0.1) is 16.1 Å². The van der Waals surface area contributed by atoms with Crippen LogP contribution in [0.15, 0.2) is 23.1 Å². The number of nitrogens with two attached hydrogens (primary N) is 1. The molecule has 0 unspecified atom stereocenters. The molecule has 0 aromatic heterocycles. The van der Waals surface area contributed by atoms with Gasteiger partial charge in [-0.15, -0.1) is 0 Å². The van der Waals surface area contributed by atoms with Crippen molar-refractivity contribution >= 4 is 15.7 Å². The molecule has 21 heavy (non-hydrogen) atoms. The van der Waals surface area contributed by atoms with E-state index in [0.29, 0.717) is 18.8 Å². The Balaban J connectivity index is 2.41. The van der Waals surface area contributed by atoms with Crippen molar-refractivity contribution in [2.45, 2.75) is 50.7 Å². The largest absolute Gasteiger partial charge is 0.399 e. The fourth-order valence-corrected chi connectivity index (χ4v) is 4.67. The van der Waals surface area contributed by atoms with Crippen molar-refractivity contribution < 1.29 is 13.2 Å². The Morgan fingerprint density at radius 3 is 2.14 bits per heavy atom.